The second kappa shape index (κ2) is 10.8. The summed E-state index contributed by atoms with van der Waals surface area (Å²) in [5, 5.41) is 0. The summed E-state index contributed by atoms with van der Waals surface area (Å²) in [5.41, 5.74) is 3.16. The molecular weight excluding hydrogens is 525 g/mol. The van der Waals surface area contributed by atoms with E-state index >= 15 is 0 Å². The maximum Gasteiger partial charge on any atom is 0.416 e. The Morgan fingerprint density at radius 3 is 2.13 bits per heavy atom. The molecule has 5 rings (SSSR count). The molecule has 1 fully saturated rings. The number of halogens is 3. The minimum atomic E-state index is -4.35. The van der Waals surface area contributed by atoms with E-state index in [-0.39, 0.29) is 15.7 Å². The summed E-state index contributed by atoms with van der Waals surface area (Å²) in [5.74, 6) is 0.419. The van der Waals surface area contributed by atoms with Gasteiger partial charge in [-0.2, -0.15) is 13.2 Å². The lowest BCUT2D eigenvalue weighted by atomic mass is 9.88. The lowest BCUT2D eigenvalue weighted by Gasteiger charge is -2.34. The molecule has 0 aromatic heterocycles. The van der Waals surface area contributed by atoms with Gasteiger partial charge in [-0.1, -0.05) is 18.2 Å². The molecule has 3 aromatic carbocycles. The molecule has 3 aromatic rings. The second-order valence-corrected chi connectivity index (χ2v) is 12.4. The van der Waals surface area contributed by atoms with Crippen LogP contribution in [0, 0.1) is 0 Å². The van der Waals surface area contributed by atoms with E-state index in [9.17, 15) is 21.6 Å². The number of ether oxygens (including phenoxy) is 1. The first-order valence-electron chi connectivity index (χ1n) is 13.2. The number of likely N-dealkylation sites (N-methyl/N-ethyl adjacent to an activating group) is 1. The van der Waals surface area contributed by atoms with Crippen molar-refractivity contribution in [2.24, 2.45) is 0 Å². The highest BCUT2D eigenvalue weighted by molar-refractivity contribution is 7.91. The number of alkyl halides is 3. The van der Waals surface area contributed by atoms with Gasteiger partial charge in [-0.05, 0) is 97.8 Å². The lowest BCUT2D eigenvalue weighted by Crippen LogP contribution is -2.32. The molecule has 2 aliphatic heterocycles. The fraction of sp³-hybridized carbons (Fsp3) is 0.400. The van der Waals surface area contributed by atoms with Crippen LogP contribution in [0.5, 0.6) is 5.75 Å². The van der Waals surface area contributed by atoms with E-state index in [1.165, 1.54) is 19.2 Å². The molecule has 2 aliphatic rings. The third kappa shape index (κ3) is 5.79. The van der Waals surface area contributed by atoms with Crippen LogP contribution in [0.4, 0.5) is 18.9 Å². The zero-order chi connectivity index (χ0) is 27.8. The monoisotopic (exact) mass is 558 g/mol. The van der Waals surface area contributed by atoms with Gasteiger partial charge >= 0.3 is 6.18 Å². The molecule has 0 amide bonds. The SMILES string of the molecule is COc1cc2c(cc1S(=O)(=O)c1ccc(N3CCC(c4cccc(C(F)(F)F)c4)CC3)cc1)CCN(C)CC2. The minimum Gasteiger partial charge on any atom is -0.495 e. The van der Waals surface area contributed by atoms with E-state index in [1.807, 2.05) is 18.2 Å². The molecule has 0 saturated carbocycles. The van der Waals surface area contributed by atoms with Gasteiger partial charge in [-0.3, -0.25) is 0 Å². The number of piperidine rings is 1. The van der Waals surface area contributed by atoms with Crippen LogP contribution in [-0.2, 0) is 28.9 Å². The van der Waals surface area contributed by atoms with Gasteiger partial charge in [0, 0.05) is 31.9 Å². The highest BCUT2D eigenvalue weighted by Gasteiger charge is 2.32. The number of fused-ring (bicyclic) bond motifs is 1. The molecule has 5 nitrogen and oxygen atoms in total. The van der Waals surface area contributed by atoms with Crippen LogP contribution in [0.2, 0.25) is 0 Å². The predicted octanol–water partition coefficient (Wildman–Crippen LogP) is 5.96. The summed E-state index contributed by atoms with van der Waals surface area (Å²) in [7, 11) is -0.237. The molecule has 1 saturated heterocycles. The first-order valence-corrected chi connectivity index (χ1v) is 14.7. The molecule has 0 spiro atoms. The number of anilines is 1. The van der Waals surface area contributed by atoms with E-state index < -0.39 is 21.6 Å². The van der Waals surface area contributed by atoms with Gasteiger partial charge in [0.25, 0.3) is 0 Å². The van der Waals surface area contributed by atoms with Gasteiger partial charge in [-0.15, -0.1) is 0 Å². The maximum absolute atomic E-state index is 13.7. The van der Waals surface area contributed by atoms with Crippen LogP contribution in [0.15, 0.2) is 70.5 Å². The molecule has 0 atom stereocenters. The van der Waals surface area contributed by atoms with E-state index in [0.29, 0.717) is 24.4 Å². The van der Waals surface area contributed by atoms with Crippen molar-refractivity contribution in [3.63, 3.8) is 0 Å². The first kappa shape index (κ1) is 27.5. The Morgan fingerprint density at radius 1 is 0.872 bits per heavy atom. The number of rotatable bonds is 5. The van der Waals surface area contributed by atoms with Crippen LogP contribution >= 0.6 is 0 Å². The lowest BCUT2D eigenvalue weighted by molar-refractivity contribution is -0.137. The number of nitrogens with zero attached hydrogens (tertiary/aromatic N) is 2. The summed E-state index contributed by atoms with van der Waals surface area (Å²) in [4.78, 5) is 4.78. The normalized spacial score (nSPS) is 17.5. The Kier molecular flexibility index (Phi) is 7.66. The Balaban J connectivity index is 1.31. The van der Waals surface area contributed by atoms with Gasteiger partial charge in [0.15, 0.2) is 0 Å². The molecule has 0 aliphatic carbocycles. The first-order chi connectivity index (χ1) is 18.6. The van der Waals surface area contributed by atoms with E-state index in [0.717, 1.165) is 61.7 Å². The van der Waals surface area contributed by atoms with Gasteiger partial charge < -0.3 is 14.5 Å². The van der Waals surface area contributed by atoms with Crippen molar-refractivity contribution >= 4 is 15.5 Å². The van der Waals surface area contributed by atoms with Crippen LogP contribution in [0.1, 0.15) is 41.0 Å². The van der Waals surface area contributed by atoms with Gasteiger partial charge in [0.05, 0.1) is 17.6 Å². The molecular formula is C30H33F3N2O3S. The van der Waals surface area contributed by atoms with Crippen molar-refractivity contribution < 1.29 is 26.3 Å². The quantitative estimate of drug-likeness (QED) is 0.387. The Hall–Kier alpha value is -3.04. The van der Waals surface area contributed by atoms with E-state index in [1.54, 1.807) is 24.3 Å². The molecule has 0 bridgehead atoms. The third-order valence-corrected chi connectivity index (χ3v) is 9.78. The number of hydrogen-bond donors (Lipinski definition) is 0. The largest absolute Gasteiger partial charge is 0.495 e. The van der Waals surface area contributed by atoms with Crippen LogP contribution < -0.4 is 9.64 Å². The molecule has 2 heterocycles. The fourth-order valence-corrected chi connectivity index (χ4v) is 7.07. The summed E-state index contributed by atoms with van der Waals surface area (Å²) in [6, 6.07) is 16.1. The van der Waals surface area contributed by atoms with Gasteiger partial charge in [0.1, 0.15) is 10.6 Å². The van der Waals surface area contributed by atoms with Crippen molar-refractivity contribution in [2.75, 3.05) is 45.2 Å². The van der Waals surface area contributed by atoms with Crippen molar-refractivity contribution in [1.29, 1.82) is 0 Å². The van der Waals surface area contributed by atoms with Crippen molar-refractivity contribution in [1.82, 2.24) is 4.90 Å². The molecule has 9 heteroatoms. The topological polar surface area (TPSA) is 49.9 Å². The number of hydrogen-bond acceptors (Lipinski definition) is 5. The van der Waals surface area contributed by atoms with Crippen LogP contribution in [0.25, 0.3) is 0 Å². The van der Waals surface area contributed by atoms with Crippen molar-refractivity contribution in [3.05, 3.63) is 82.9 Å². The van der Waals surface area contributed by atoms with Crippen molar-refractivity contribution in [2.45, 2.75) is 47.6 Å². The minimum absolute atomic E-state index is 0.0589. The number of sulfone groups is 1. The molecule has 208 valence electrons. The second-order valence-electron chi connectivity index (χ2n) is 10.5. The van der Waals surface area contributed by atoms with Crippen LogP contribution in [0.3, 0.4) is 0 Å². The molecule has 0 radical (unpaired) electrons. The van der Waals surface area contributed by atoms with Crippen LogP contribution in [-0.4, -0.2) is 53.7 Å². The highest BCUT2D eigenvalue weighted by Crippen LogP contribution is 2.37. The molecule has 0 unspecified atom stereocenters. The fourth-order valence-electron chi connectivity index (χ4n) is 5.62. The van der Waals surface area contributed by atoms with Gasteiger partial charge in [0.2, 0.25) is 9.84 Å². The Labute approximate surface area is 228 Å². The Bertz CT molecular complexity index is 1430. The van der Waals surface area contributed by atoms with Gasteiger partial charge in [-0.25, -0.2) is 8.42 Å². The highest BCUT2D eigenvalue weighted by atomic mass is 32.2. The van der Waals surface area contributed by atoms with E-state index in [4.69, 9.17) is 4.74 Å². The predicted molar refractivity (Wildman–Crippen MR) is 145 cm³/mol. The third-order valence-electron chi connectivity index (χ3n) is 7.99. The smallest absolute Gasteiger partial charge is 0.416 e. The number of benzene rings is 3. The average molecular weight is 559 g/mol. The molecule has 39 heavy (non-hydrogen) atoms. The zero-order valence-corrected chi connectivity index (χ0v) is 23.0. The van der Waals surface area contributed by atoms with E-state index in [2.05, 4.69) is 16.8 Å². The number of methoxy groups -OCH3 is 1. The average Bonchev–Trinajstić information content (AvgIpc) is 3.13. The zero-order valence-electron chi connectivity index (χ0n) is 22.2. The van der Waals surface area contributed by atoms with Crippen molar-refractivity contribution in [3.8, 4) is 5.75 Å². The summed E-state index contributed by atoms with van der Waals surface area (Å²) >= 11 is 0. The Morgan fingerprint density at radius 2 is 1.51 bits per heavy atom. The summed E-state index contributed by atoms with van der Waals surface area (Å²) in [6.07, 6.45) is -1.26. The summed E-state index contributed by atoms with van der Waals surface area (Å²) in [6.45, 7) is 3.15. The molecule has 0 N–H and O–H groups in total. The summed E-state index contributed by atoms with van der Waals surface area (Å²) < 4.78 is 72.2. The standard InChI is InChI=1S/C30H33F3N2O3S/c1-34-14-10-23-19-28(38-2)29(20-24(23)11-15-34)39(36,37)27-8-6-26(7-9-27)35-16-12-21(13-17-35)22-4-3-5-25(18-22)30(31,32)33/h3-9,18-21H,10-17H2,1-2H3. The maximum atomic E-state index is 13.7.